The van der Waals surface area contributed by atoms with Crippen LogP contribution in [0, 0.1) is 13.8 Å². The molecule has 348 valence electrons. The topological polar surface area (TPSA) is 173 Å². The predicted molar refractivity (Wildman–Crippen MR) is 267 cm³/mol. The lowest BCUT2D eigenvalue weighted by Gasteiger charge is -2.34. The first-order valence-corrected chi connectivity index (χ1v) is 23.2. The second-order valence-electron chi connectivity index (χ2n) is 18.1. The smallest absolute Gasteiger partial charge is 0.232 e. The molecule has 0 unspecified atom stereocenters. The molecular formula is C50H59ClN14O2. The van der Waals surface area contributed by atoms with Crippen LogP contribution in [0.1, 0.15) is 61.4 Å². The van der Waals surface area contributed by atoms with Gasteiger partial charge in [-0.05, 0) is 83.5 Å². The standard InChI is InChI=1S/C50H59ClN14O2/c1-34-40(8-6-10-42(34)58-46-52-32-54-48(60-46)64-26-22-62(23-27-64)30-36-12-16-38(17-13-36)50(3,4)5)56-44(66)20-21-45(67)57-41-9-7-11-43(35(41)2)59-47-53-33-55-49(61-47)65-28-24-63(25-29-65)31-37-14-18-39(51)19-15-37/h6-19,32-33H,20-31H2,1-5H3,(H,56,66)(H,57,67)(H,52,54,58,60)(H,53,55,59,61). The van der Waals surface area contributed by atoms with Crippen LogP contribution in [0.4, 0.5) is 46.5 Å². The van der Waals surface area contributed by atoms with E-state index in [0.29, 0.717) is 35.2 Å². The summed E-state index contributed by atoms with van der Waals surface area (Å²) in [5.74, 6) is 1.49. The van der Waals surface area contributed by atoms with Crippen LogP contribution >= 0.6 is 11.6 Å². The fourth-order valence-corrected chi connectivity index (χ4v) is 8.26. The average molecular weight is 924 g/mol. The number of carbonyl (C=O) groups is 2. The number of nitrogens with zero attached hydrogens (tertiary/aromatic N) is 10. The Morgan fingerprint density at radius 1 is 0.552 bits per heavy atom. The zero-order valence-electron chi connectivity index (χ0n) is 38.9. The molecule has 0 bridgehead atoms. The molecule has 2 aliphatic rings. The fraction of sp³-hybridized carbons (Fsp3) is 0.360. The molecule has 0 saturated carbocycles. The van der Waals surface area contributed by atoms with Crippen molar-refractivity contribution in [1.82, 2.24) is 39.7 Å². The van der Waals surface area contributed by atoms with E-state index < -0.39 is 0 Å². The molecule has 4 heterocycles. The van der Waals surface area contributed by atoms with Gasteiger partial charge >= 0.3 is 0 Å². The van der Waals surface area contributed by atoms with Crippen LogP contribution < -0.4 is 31.1 Å². The number of rotatable bonds is 15. The molecule has 2 aliphatic heterocycles. The van der Waals surface area contributed by atoms with E-state index in [-0.39, 0.29) is 30.1 Å². The van der Waals surface area contributed by atoms with Crippen LogP contribution in [0.5, 0.6) is 0 Å². The number of anilines is 8. The largest absolute Gasteiger partial charge is 0.338 e. The van der Waals surface area contributed by atoms with Gasteiger partial charge in [-0.2, -0.15) is 9.97 Å². The normalized spacial score (nSPS) is 14.7. The molecule has 6 aromatic rings. The van der Waals surface area contributed by atoms with Crippen LogP contribution in [0.25, 0.3) is 0 Å². The van der Waals surface area contributed by atoms with Gasteiger partial charge in [0.1, 0.15) is 12.7 Å². The molecule has 0 radical (unpaired) electrons. The lowest BCUT2D eigenvalue weighted by molar-refractivity contribution is -0.121. The second-order valence-corrected chi connectivity index (χ2v) is 18.6. The zero-order valence-corrected chi connectivity index (χ0v) is 39.6. The minimum atomic E-state index is -0.279. The molecule has 0 atom stereocenters. The average Bonchev–Trinajstić information content (AvgIpc) is 3.32. The maximum atomic E-state index is 13.2. The first-order valence-electron chi connectivity index (χ1n) is 22.8. The highest BCUT2D eigenvalue weighted by Gasteiger charge is 2.22. The quantitative estimate of drug-likeness (QED) is 0.0778. The number of hydrogen-bond donors (Lipinski definition) is 4. The highest BCUT2D eigenvalue weighted by atomic mass is 35.5. The van der Waals surface area contributed by atoms with Gasteiger partial charge in [-0.3, -0.25) is 19.4 Å². The molecule has 2 aromatic heterocycles. The van der Waals surface area contributed by atoms with Gasteiger partial charge in [0.2, 0.25) is 35.6 Å². The van der Waals surface area contributed by atoms with Gasteiger partial charge in [-0.25, -0.2) is 19.9 Å². The lowest BCUT2D eigenvalue weighted by Crippen LogP contribution is -2.46. The summed E-state index contributed by atoms with van der Waals surface area (Å²) < 4.78 is 0. The molecule has 67 heavy (non-hydrogen) atoms. The van der Waals surface area contributed by atoms with Crippen molar-refractivity contribution in [3.8, 4) is 0 Å². The first-order chi connectivity index (χ1) is 32.3. The summed E-state index contributed by atoms with van der Waals surface area (Å²) in [5, 5.41) is 13.3. The van der Waals surface area contributed by atoms with Crippen molar-refractivity contribution in [3.63, 3.8) is 0 Å². The maximum Gasteiger partial charge on any atom is 0.232 e. The van der Waals surface area contributed by atoms with Gasteiger partial charge in [0.05, 0.1) is 0 Å². The highest BCUT2D eigenvalue weighted by molar-refractivity contribution is 6.30. The van der Waals surface area contributed by atoms with Crippen LogP contribution in [-0.2, 0) is 28.1 Å². The van der Waals surface area contributed by atoms with Crippen molar-refractivity contribution in [1.29, 1.82) is 0 Å². The maximum absolute atomic E-state index is 13.2. The van der Waals surface area contributed by atoms with E-state index in [2.05, 4.69) is 118 Å². The minimum Gasteiger partial charge on any atom is -0.338 e. The van der Waals surface area contributed by atoms with Crippen molar-refractivity contribution in [2.75, 3.05) is 83.4 Å². The van der Waals surface area contributed by atoms with Crippen molar-refractivity contribution in [2.45, 2.75) is 66.0 Å². The number of benzene rings is 4. The van der Waals surface area contributed by atoms with E-state index in [1.54, 1.807) is 0 Å². The van der Waals surface area contributed by atoms with Crippen molar-refractivity contribution in [3.05, 3.63) is 130 Å². The molecule has 4 N–H and O–H groups in total. The van der Waals surface area contributed by atoms with Gasteiger partial charge in [-0.1, -0.05) is 80.9 Å². The number of nitrogens with one attached hydrogen (secondary N) is 4. The van der Waals surface area contributed by atoms with E-state index in [9.17, 15) is 9.59 Å². The number of carbonyl (C=O) groups excluding carboxylic acids is 2. The van der Waals surface area contributed by atoms with Gasteiger partial charge < -0.3 is 31.1 Å². The number of aromatic nitrogens is 6. The Labute approximate surface area is 397 Å². The molecule has 4 aromatic carbocycles. The van der Waals surface area contributed by atoms with Crippen LogP contribution in [0.2, 0.25) is 5.02 Å². The third-order valence-electron chi connectivity index (χ3n) is 12.3. The van der Waals surface area contributed by atoms with Crippen molar-refractivity contribution < 1.29 is 9.59 Å². The van der Waals surface area contributed by atoms with Gasteiger partial charge in [0, 0.05) is 106 Å². The Bertz CT molecular complexity index is 2640. The molecule has 8 rings (SSSR count). The fourth-order valence-electron chi connectivity index (χ4n) is 8.14. The van der Waals surface area contributed by atoms with E-state index in [0.717, 1.165) is 93.0 Å². The Morgan fingerprint density at radius 2 is 0.955 bits per heavy atom. The third kappa shape index (κ3) is 12.6. The van der Waals surface area contributed by atoms with Gasteiger partial charge in [0.15, 0.2) is 0 Å². The summed E-state index contributed by atoms with van der Waals surface area (Å²) in [5.41, 5.74) is 8.38. The monoisotopic (exact) mass is 922 g/mol. The third-order valence-corrected chi connectivity index (χ3v) is 12.5. The Balaban J connectivity index is 0.788. The summed E-state index contributed by atoms with van der Waals surface area (Å²) >= 11 is 6.06. The number of piperazine rings is 2. The second kappa shape index (κ2) is 21.3. The number of halogens is 1. The molecule has 16 nitrogen and oxygen atoms in total. The van der Waals surface area contributed by atoms with E-state index >= 15 is 0 Å². The van der Waals surface area contributed by atoms with Crippen LogP contribution in [0.15, 0.2) is 97.6 Å². The molecule has 0 spiro atoms. The number of hydrogen-bond acceptors (Lipinski definition) is 14. The summed E-state index contributed by atoms with van der Waals surface area (Å²) in [7, 11) is 0. The molecule has 2 saturated heterocycles. The Kier molecular flexibility index (Phi) is 14.8. The zero-order chi connectivity index (χ0) is 46.9. The Hall–Kier alpha value is -6.75. The first kappa shape index (κ1) is 46.8. The summed E-state index contributed by atoms with van der Waals surface area (Å²) in [6.07, 6.45) is 3.02. The molecule has 2 fully saturated rings. The van der Waals surface area contributed by atoms with Crippen molar-refractivity contribution >= 4 is 70.0 Å². The van der Waals surface area contributed by atoms with Crippen LogP contribution in [0.3, 0.4) is 0 Å². The molecule has 2 amide bonds. The van der Waals surface area contributed by atoms with E-state index in [1.807, 2.05) is 62.4 Å². The van der Waals surface area contributed by atoms with Crippen LogP contribution in [-0.4, -0.2) is 104 Å². The lowest BCUT2D eigenvalue weighted by atomic mass is 9.87. The SMILES string of the molecule is Cc1c(NC(=O)CCC(=O)Nc2cccc(Nc3ncnc(N4CCN(Cc5ccc(C(C)(C)C)cc5)CC4)n3)c2C)cccc1Nc1ncnc(N2CCN(Cc3ccc(Cl)cc3)CC2)n1. The summed E-state index contributed by atoms with van der Waals surface area (Å²) in [4.78, 5) is 62.6. The number of amides is 2. The van der Waals surface area contributed by atoms with E-state index in [1.165, 1.54) is 29.3 Å². The van der Waals surface area contributed by atoms with Gasteiger partial charge in [0.25, 0.3) is 0 Å². The highest BCUT2D eigenvalue weighted by Crippen LogP contribution is 2.29. The Morgan fingerprint density at radius 3 is 1.37 bits per heavy atom. The van der Waals surface area contributed by atoms with Crippen molar-refractivity contribution in [2.24, 2.45) is 0 Å². The minimum absolute atomic E-state index is 0.00347. The predicted octanol–water partition coefficient (Wildman–Crippen LogP) is 8.11. The van der Waals surface area contributed by atoms with E-state index in [4.69, 9.17) is 21.6 Å². The summed E-state index contributed by atoms with van der Waals surface area (Å²) in [6, 6.07) is 28.1. The summed E-state index contributed by atoms with van der Waals surface area (Å²) in [6.45, 7) is 19.0. The molecular weight excluding hydrogens is 864 g/mol. The van der Waals surface area contributed by atoms with Gasteiger partial charge in [-0.15, -0.1) is 0 Å². The molecule has 17 heteroatoms. The molecule has 0 aliphatic carbocycles.